The molecular formula is C21H25N3O2. The molecule has 1 atom stereocenters. The number of hydrogen-bond donors (Lipinski definition) is 1. The van der Waals surface area contributed by atoms with Crippen LogP contribution in [0.5, 0.6) is 0 Å². The summed E-state index contributed by atoms with van der Waals surface area (Å²) in [6.07, 6.45) is 1.30. The van der Waals surface area contributed by atoms with Crippen molar-refractivity contribution in [3.63, 3.8) is 0 Å². The molecule has 2 amide bonds. The number of rotatable bonds is 4. The van der Waals surface area contributed by atoms with Crippen LogP contribution < -0.4 is 5.73 Å². The fourth-order valence-electron chi connectivity index (χ4n) is 3.29. The summed E-state index contributed by atoms with van der Waals surface area (Å²) < 4.78 is 0. The van der Waals surface area contributed by atoms with Crippen molar-refractivity contribution in [3.05, 3.63) is 71.8 Å². The lowest BCUT2D eigenvalue weighted by Crippen LogP contribution is -2.46. The Morgan fingerprint density at radius 3 is 2.12 bits per heavy atom. The van der Waals surface area contributed by atoms with Crippen LogP contribution in [0.25, 0.3) is 0 Å². The second kappa shape index (κ2) is 8.63. The molecule has 2 aromatic carbocycles. The Bertz CT molecular complexity index is 733. The second-order valence-electron chi connectivity index (χ2n) is 6.63. The van der Waals surface area contributed by atoms with Crippen LogP contribution in [0, 0.1) is 0 Å². The summed E-state index contributed by atoms with van der Waals surface area (Å²) >= 11 is 0. The summed E-state index contributed by atoms with van der Waals surface area (Å²) in [5.41, 5.74) is 7.89. The summed E-state index contributed by atoms with van der Waals surface area (Å²) in [6, 6.07) is 18.5. The lowest BCUT2D eigenvalue weighted by molar-refractivity contribution is -0.132. The first-order valence-electron chi connectivity index (χ1n) is 9.08. The van der Waals surface area contributed by atoms with Gasteiger partial charge in [0.15, 0.2) is 0 Å². The fourth-order valence-corrected chi connectivity index (χ4v) is 3.29. The Morgan fingerprint density at radius 1 is 0.846 bits per heavy atom. The van der Waals surface area contributed by atoms with E-state index >= 15 is 0 Å². The van der Waals surface area contributed by atoms with Crippen LogP contribution in [0.1, 0.15) is 22.3 Å². The lowest BCUT2D eigenvalue weighted by atomic mass is 10.1. The predicted octanol–water partition coefficient (Wildman–Crippen LogP) is 1.93. The molecule has 1 aliphatic heterocycles. The molecule has 0 bridgehead atoms. The van der Waals surface area contributed by atoms with Crippen LogP contribution in [0.2, 0.25) is 0 Å². The number of carbonyl (C=O) groups is 2. The highest BCUT2D eigenvalue weighted by Crippen LogP contribution is 2.11. The van der Waals surface area contributed by atoms with E-state index in [0.29, 0.717) is 38.2 Å². The third-order valence-corrected chi connectivity index (χ3v) is 4.73. The first-order chi connectivity index (χ1) is 12.6. The monoisotopic (exact) mass is 351 g/mol. The van der Waals surface area contributed by atoms with Crippen LogP contribution in [0.4, 0.5) is 0 Å². The average molecular weight is 351 g/mol. The first-order valence-corrected chi connectivity index (χ1v) is 9.08. The van der Waals surface area contributed by atoms with Crippen molar-refractivity contribution < 1.29 is 9.59 Å². The Hall–Kier alpha value is -2.66. The molecule has 0 unspecified atom stereocenters. The highest BCUT2D eigenvalue weighted by atomic mass is 16.2. The molecule has 136 valence electrons. The number of carbonyl (C=O) groups excluding carboxylic acids is 2. The van der Waals surface area contributed by atoms with Crippen molar-refractivity contribution in [3.8, 4) is 0 Å². The minimum Gasteiger partial charge on any atom is -0.339 e. The van der Waals surface area contributed by atoms with Gasteiger partial charge in [-0.1, -0.05) is 48.5 Å². The van der Waals surface area contributed by atoms with E-state index in [2.05, 4.69) is 0 Å². The van der Waals surface area contributed by atoms with Gasteiger partial charge in [0, 0.05) is 31.7 Å². The van der Waals surface area contributed by atoms with E-state index < -0.39 is 6.04 Å². The molecule has 1 fully saturated rings. The van der Waals surface area contributed by atoms with Gasteiger partial charge in [-0.05, 0) is 30.5 Å². The Morgan fingerprint density at radius 2 is 1.42 bits per heavy atom. The number of amides is 2. The van der Waals surface area contributed by atoms with Gasteiger partial charge in [-0.25, -0.2) is 0 Å². The summed E-state index contributed by atoms with van der Waals surface area (Å²) in [5, 5.41) is 0. The average Bonchev–Trinajstić information content (AvgIpc) is 2.94. The molecule has 1 saturated heterocycles. The zero-order valence-electron chi connectivity index (χ0n) is 14.9. The number of nitrogens with two attached hydrogens (primary N) is 1. The molecule has 1 heterocycles. The van der Waals surface area contributed by atoms with E-state index in [4.69, 9.17) is 5.73 Å². The lowest BCUT2D eigenvalue weighted by Gasteiger charge is -2.25. The maximum absolute atomic E-state index is 12.7. The third-order valence-electron chi connectivity index (χ3n) is 4.73. The van der Waals surface area contributed by atoms with Crippen LogP contribution in [-0.2, 0) is 11.2 Å². The van der Waals surface area contributed by atoms with Crippen molar-refractivity contribution in [1.29, 1.82) is 0 Å². The van der Waals surface area contributed by atoms with Gasteiger partial charge < -0.3 is 15.5 Å². The summed E-state index contributed by atoms with van der Waals surface area (Å²) in [4.78, 5) is 28.9. The molecule has 5 heteroatoms. The van der Waals surface area contributed by atoms with Gasteiger partial charge in [-0.2, -0.15) is 0 Å². The second-order valence-corrected chi connectivity index (χ2v) is 6.63. The SMILES string of the molecule is N[C@@H](Cc1ccccc1)C(=O)N1CCCN(C(=O)c2ccccc2)CC1. The van der Waals surface area contributed by atoms with Gasteiger partial charge in [0.25, 0.3) is 5.91 Å². The normalized spacial score (nSPS) is 16.0. The van der Waals surface area contributed by atoms with Crippen LogP contribution in [-0.4, -0.2) is 53.8 Å². The van der Waals surface area contributed by atoms with Crippen LogP contribution in [0.3, 0.4) is 0 Å². The fraction of sp³-hybridized carbons (Fsp3) is 0.333. The van der Waals surface area contributed by atoms with Gasteiger partial charge in [-0.3, -0.25) is 9.59 Å². The third kappa shape index (κ3) is 4.49. The minimum absolute atomic E-state index is 0.0217. The number of hydrogen-bond acceptors (Lipinski definition) is 3. The molecule has 5 nitrogen and oxygen atoms in total. The summed E-state index contributed by atoms with van der Waals surface area (Å²) in [7, 11) is 0. The van der Waals surface area contributed by atoms with Crippen molar-refractivity contribution in [2.45, 2.75) is 18.9 Å². The molecular weight excluding hydrogens is 326 g/mol. The number of benzene rings is 2. The molecule has 0 aliphatic carbocycles. The highest BCUT2D eigenvalue weighted by molar-refractivity contribution is 5.94. The number of nitrogens with zero attached hydrogens (tertiary/aromatic N) is 2. The van der Waals surface area contributed by atoms with Crippen molar-refractivity contribution in [2.75, 3.05) is 26.2 Å². The molecule has 0 spiro atoms. The van der Waals surface area contributed by atoms with Gasteiger partial charge in [0.1, 0.15) is 0 Å². The molecule has 2 aromatic rings. The topological polar surface area (TPSA) is 66.6 Å². The van der Waals surface area contributed by atoms with Crippen molar-refractivity contribution >= 4 is 11.8 Å². The van der Waals surface area contributed by atoms with E-state index in [1.54, 1.807) is 4.90 Å². The van der Waals surface area contributed by atoms with E-state index in [-0.39, 0.29) is 11.8 Å². The Labute approximate surface area is 154 Å². The molecule has 26 heavy (non-hydrogen) atoms. The highest BCUT2D eigenvalue weighted by Gasteiger charge is 2.25. The Balaban J connectivity index is 1.57. The zero-order valence-corrected chi connectivity index (χ0v) is 14.9. The van der Waals surface area contributed by atoms with E-state index in [1.165, 1.54) is 0 Å². The maximum atomic E-state index is 12.7. The molecule has 0 aromatic heterocycles. The maximum Gasteiger partial charge on any atom is 0.253 e. The quantitative estimate of drug-likeness (QED) is 0.915. The summed E-state index contributed by atoms with van der Waals surface area (Å²) in [5.74, 6) is -0.0173. The molecule has 0 saturated carbocycles. The van der Waals surface area contributed by atoms with Gasteiger partial charge in [-0.15, -0.1) is 0 Å². The minimum atomic E-state index is -0.547. The van der Waals surface area contributed by atoms with Gasteiger partial charge in [0.05, 0.1) is 6.04 Å². The first kappa shape index (κ1) is 18.1. The van der Waals surface area contributed by atoms with Gasteiger partial charge >= 0.3 is 0 Å². The van der Waals surface area contributed by atoms with Crippen molar-refractivity contribution in [2.24, 2.45) is 5.73 Å². The van der Waals surface area contributed by atoms with Crippen LogP contribution in [0.15, 0.2) is 60.7 Å². The van der Waals surface area contributed by atoms with E-state index in [9.17, 15) is 9.59 Å². The summed E-state index contributed by atoms with van der Waals surface area (Å²) in [6.45, 7) is 2.36. The van der Waals surface area contributed by atoms with Gasteiger partial charge in [0.2, 0.25) is 5.91 Å². The van der Waals surface area contributed by atoms with Crippen LogP contribution >= 0.6 is 0 Å². The van der Waals surface area contributed by atoms with Crippen molar-refractivity contribution in [1.82, 2.24) is 9.80 Å². The molecule has 0 radical (unpaired) electrons. The molecule has 2 N–H and O–H groups in total. The largest absolute Gasteiger partial charge is 0.339 e. The van der Waals surface area contributed by atoms with E-state index in [0.717, 1.165) is 12.0 Å². The zero-order chi connectivity index (χ0) is 18.4. The molecule has 3 rings (SSSR count). The predicted molar refractivity (Wildman–Crippen MR) is 102 cm³/mol. The Kier molecular flexibility index (Phi) is 6.02. The molecule has 1 aliphatic rings. The standard InChI is InChI=1S/C21H25N3O2/c22-19(16-17-8-3-1-4-9-17)21(26)24-13-7-12-23(14-15-24)20(25)18-10-5-2-6-11-18/h1-6,8-11,19H,7,12-16,22H2/t19-/m0/s1. The smallest absolute Gasteiger partial charge is 0.253 e. The van der Waals surface area contributed by atoms with E-state index in [1.807, 2.05) is 65.6 Å².